The number of likely N-dealkylation sites (N-methyl/N-ethyl adjacent to an activating group) is 2. The van der Waals surface area contributed by atoms with Crippen molar-refractivity contribution in [2.24, 2.45) is 8.80 Å². The predicted molar refractivity (Wildman–Crippen MR) is 123 cm³/mol. The first-order valence-electron chi connectivity index (χ1n) is 9.98. The zero-order valence-electron chi connectivity index (χ0n) is 18.9. The number of anilines is 1. The number of phenols is 1. The molecule has 10 nitrogen and oxygen atoms in total. The summed E-state index contributed by atoms with van der Waals surface area (Å²) in [6, 6.07) is 8.06. The summed E-state index contributed by atoms with van der Waals surface area (Å²) in [4.78, 5) is 16.8. The number of phenolic OH excluding ortho intramolecular Hbond substituents is 1. The number of benzene rings is 1. The molecule has 11 heteroatoms. The van der Waals surface area contributed by atoms with Gasteiger partial charge in [-0.2, -0.15) is 8.42 Å². The van der Waals surface area contributed by atoms with E-state index in [0.29, 0.717) is 12.2 Å². The highest BCUT2D eigenvalue weighted by molar-refractivity contribution is 7.89. The molecule has 0 saturated heterocycles. The second-order valence-electron chi connectivity index (χ2n) is 7.69. The summed E-state index contributed by atoms with van der Waals surface area (Å²) in [6.45, 7) is 3.78. The summed E-state index contributed by atoms with van der Waals surface area (Å²) in [7, 11) is 2.31. The molecule has 2 aromatic rings. The van der Waals surface area contributed by atoms with Crippen molar-refractivity contribution in [2.75, 3.05) is 33.1 Å². The Bertz CT molecular complexity index is 1200. The molecule has 1 N–H and O–H groups in total. The molecule has 0 radical (unpaired) electrons. The standard InChI is InChI=1S/C21H27N5O5S/c1-7-15(17-12-11-13(2)31-17)25(5)19-20(23-32(29,30)22-19)26(6)16-10-8-9-14(18(16)27)21(28)24(3)4/h8-12,15,27H,7H2,1-6H3/t15-/m1/s1. The van der Waals surface area contributed by atoms with Crippen LogP contribution in [0.25, 0.3) is 0 Å². The van der Waals surface area contributed by atoms with Crippen LogP contribution in [0.3, 0.4) is 0 Å². The molecule has 2 heterocycles. The highest BCUT2D eigenvalue weighted by atomic mass is 32.2. The predicted octanol–water partition coefficient (Wildman–Crippen LogP) is 2.57. The maximum Gasteiger partial charge on any atom is 0.367 e. The van der Waals surface area contributed by atoms with Gasteiger partial charge >= 0.3 is 10.2 Å². The van der Waals surface area contributed by atoms with Crippen molar-refractivity contribution in [3.8, 4) is 5.75 Å². The monoisotopic (exact) mass is 461 g/mol. The number of amidine groups is 2. The van der Waals surface area contributed by atoms with Gasteiger partial charge in [0, 0.05) is 28.2 Å². The Morgan fingerprint density at radius 2 is 1.75 bits per heavy atom. The van der Waals surface area contributed by atoms with E-state index in [1.807, 2.05) is 26.0 Å². The maximum atomic E-state index is 12.4. The summed E-state index contributed by atoms with van der Waals surface area (Å²) in [6.07, 6.45) is 0.623. The van der Waals surface area contributed by atoms with Gasteiger partial charge in [0.2, 0.25) is 0 Å². The molecule has 1 amide bonds. The van der Waals surface area contributed by atoms with E-state index in [1.165, 1.54) is 15.9 Å². The van der Waals surface area contributed by atoms with E-state index in [4.69, 9.17) is 4.42 Å². The number of carbonyl (C=O) groups is 1. The van der Waals surface area contributed by atoms with E-state index in [1.54, 1.807) is 45.2 Å². The number of aromatic hydroxyl groups is 1. The van der Waals surface area contributed by atoms with Gasteiger partial charge in [-0.1, -0.05) is 13.0 Å². The molecule has 0 fully saturated rings. The van der Waals surface area contributed by atoms with E-state index in [0.717, 1.165) is 5.76 Å². The average Bonchev–Trinajstić information content (AvgIpc) is 3.30. The second-order valence-corrected chi connectivity index (χ2v) is 8.95. The third-order valence-electron chi connectivity index (χ3n) is 5.21. The average molecular weight is 462 g/mol. The molecular formula is C21H27N5O5S. The molecule has 1 atom stereocenters. The fraction of sp³-hybridized carbons (Fsp3) is 0.381. The molecule has 1 aromatic heterocycles. The number of hydrogen-bond donors (Lipinski definition) is 1. The Balaban J connectivity index is 2.03. The Morgan fingerprint density at radius 3 is 2.31 bits per heavy atom. The van der Waals surface area contributed by atoms with Gasteiger partial charge in [0.25, 0.3) is 5.91 Å². The van der Waals surface area contributed by atoms with Crippen molar-refractivity contribution in [1.82, 2.24) is 9.80 Å². The zero-order chi connectivity index (χ0) is 23.8. The summed E-state index contributed by atoms with van der Waals surface area (Å²) < 4.78 is 38.0. The number of furan rings is 1. The highest BCUT2D eigenvalue weighted by Gasteiger charge is 2.35. The molecule has 0 bridgehead atoms. The van der Waals surface area contributed by atoms with Gasteiger partial charge in [-0.05, 0) is 37.6 Å². The lowest BCUT2D eigenvalue weighted by Crippen LogP contribution is -2.42. The van der Waals surface area contributed by atoms with Crippen molar-refractivity contribution >= 4 is 33.5 Å². The molecule has 1 aromatic carbocycles. The largest absolute Gasteiger partial charge is 0.505 e. The van der Waals surface area contributed by atoms with E-state index >= 15 is 0 Å². The lowest BCUT2D eigenvalue weighted by Gasteiger charge is -2.30. The topological polar surface area (TPSA) is 119 Å². The first-order chi connectivity index (χ1) is 15.0. The molecule has 0 aliphatic carbocycles. The summed E-state index contributed by atoms with van der Waals surface area (Å²) in [5.41, 5.74) is 0.307. The van der Waals surface area contributed by atoms with Gasteiger partial charge in [0.15, 0.2) is 17.4 Å². The molecule has 1 aliphatic heterocycles. The van der Waals surface area contributed by atoms with Crippen LogP contribution >= 0.6 is 0 Å². The van der Waals surface area contributed by atoms with Crippen molar-refractivity contribution < 1.29 is 22.7 Å². The van der Waals surface area contributed by atoms with Gasteiger partial charge < -0.3 is 24.2 Å². The quantitative estimate of drug-likeness (QED) is 0.727. The number of para-hydroxylation sites is 1. The van der Waals surface area contributed by atoms with Gasteiger partial charge in [-0.3, -0.25) is 4.79 Å². The van der Waals surface area contributed by atoms with E-state index in [-0.39, 0.29) is 40.6 Å². The Hall–Kier alpha value is -3.34. The number of amides is 1. The fourth-order valence-corrected chi connectivity index (χ4v) is 4.42. The smallest absolute Gasteiger partial charge is 0.367 e. The minimum absolute atomic E-state index is 0.0268. The molecule has 0 saturated carbocycles. The van der Waals surface area contributed by atoms with E-state index in [9.17, 15) is 18.3 Å². The minimum atomic E-state index is -4.11. The Labute approximate surface area is 187 Å². The van der Waals surface area contributed by atoms with Crippen LogP contribution in [0.1, 0.15) is 41.3 Å². The number of aryl methyl sites for hydroxylation is 1. The van der Waals surface area contributed by atoms with Crippen LogP contribution in [-0.4, -0.2) is 69.1 Å². The first kappa shape index (κ1) is 23.3. The zero-order valence-corrected chi connectivity index (χ0v) is 19.7. The van der Waals surface area contributed by atoms with Gasteiger partial charge in [0.05, 0.1) is 17.3 Å². The third-order valence-corrected chi connectivity index (χ3v) is 6.02. The lowest BCUT2D eigenvalue weighted by molar-refractivity contribution is 0.0824. The Morgan fingerprint density at radius 1 is 1.09 bits per heavy atom. The molecule has 1 aliphatic rings. The van der Waals surface area contributed by atoms with Crippen molar-refractivity contribution in [1.29, 1.82) is 0 Å². The first-order valence-corrected chi connectivity index (χ1v) is 11.4. The number of hydrogen-bond acceptors (Lipinski definition) is 7. The van der Waals surface area contributed by atoms with Crippen LogP contribution in [-0.2, 0) is 10.2 Å². The molecule has 0 spiro atoms. The number of carbonyl (C=O) groups excluding carboxylic acids is 1. The second kappa shape index (κ2) is 8.65. The van der Waals surface area contributed by atoms with Crippen LogP contribution in [0.5, 0.6) is 5.75 Å². The number of rotatable bonds is 5. The molecule has 172 valence electrons. The summed E-state index contributed by atoms with van der Waals surface area (Å²) >= 11 is 0. The van der Waals surface area contributed by atoms with Crippen molar-refractivity contribution in [3.63, 3.8) is 0 Å². The minimum Gasteiger partial charge on any atom is -0.505 e. The van der Waals surface area contributed by atoms with E-state index < -0.39 is 10.2 Å². The lowest BCUT2D eigenvalue weighted by atomic mass is 10.1. The summed E-state index contributed by atoms with van der Waals surface area (Å²) in [5, 5.41) is 10.8. The fourth-order valence-electron chi connectivity index (χ4n) is 3.53. The maximum absolute atomic E-state index is 12.4. The van der Waals surface area contributed by atoms with Crippen molar-refractivity contribution in [2.45, 2.75) is 26.3 Å². The Kier molecular flexibility index (Phi) is 6.31. The van der Waals surface area contributed by atoms with Crippen LogP contribution in [0.4, 0.5) is 5.69 Å². The van der Waals surface area contributed by atoms with Gasteiger partial charge in [-0.25, -0.2) is 0 Å². The van der Waals surface area contributed by atoms with Crippen LogP contribution in [0.15, 0.2) is 43.5 Å². The summed E-state index contributed by atoms with van der Waals surface area (Å²) in [5.74, 6) is 0.880. The SMILES string of the molecule is CC[C@H](c1ccc(C)o1)N(C)C1=NS(=O)(=O)N=C1N(C)c1cccc(C(=O)N(C)C)c1O. The van der Waals surface area contributed by atoms with Gasteiger partial charge in [0.1, 0.15) is 11.5 Å². The molecule has 32 heavy (non-hydrogen) atoms. The normalized spacial score (nSPS) is 15.7. The van der Waals surface area contributed by atoms with Crippen LogP contribution in [0, 0.1) is 6.92 Å². The van der Waals surface area contributed by atoms with Crippen molar-refractivity contribution in [3.05, 3.63) is 47.4 Å². The molecule has 3 rings (SSSR count). The van der Waals surface area contributed by atoms with Gasteiger partial charge in [-0.15, -0.1) is 8.80 Å². The third kappa shape index (κ3) is 4.33. The van der Waals surface area contributed by atoms with Crippen LogP contribution < -0.4 is 4.90 Å². The molecular weight excluding hydrogens is 434 g/mol. The molecule has 0 unspecified atom stereocenters. The van der Waals surface area contributed by atoms with E-state index in [2.05, 4.69) is 8.80 Å². The highest BCUT2D eigenvalue weighted by Crippen LogP contribution is 2.33. The van der Waals surface area contributed by atoms with Crippen LogP contribution in [0.2, 0.25) is 0 Å². The number of nitrogens with zero attached hydrogens (tertiary/aromatic N) is 5.